The summed E-state index contributed by atoms with van der Waals surface area (Å²) in [5, 5.41) is 3.18. The van der Waals surface area contributed by atoms with Crippen molar-refractivity contribution >= 4 is 5.91 Å². The molecule has 0 aliphatic carbocycles. The lowest BCUT2D eigenvalue weighted by Gasteiger charge is -2.44. The van der Waals surface area contributed by atoms with Crippen molar-refractivity contribution in [3.63, 3.8) is 0 Å². The number of hydrogen-bond acceptors (Lipinski definition) is 3. The topological polar surface area (TPSA) is 45.2 Å². The second-order valence-corrected chi connectivity index (χ2v) is 5.31. The Morgan fingerprint density at radius 2 is 2.22 bits per heavy atom. The van der Waals surface area contributed by atoms with Gasteiger partial charge in [-0.15, -0.1) is 0 Å². The maximum Gasteiger partial charge on any atom is 0.226 e. The van der Waals surface area contributed by atoms with Crippen molar-refractivity contribution in [2.75, 3.05) is 19.6 Å². The van der Waals surface area contributed by atoms with Crippen LogP contribution in [-0.4, -0.2) is 41.5 Å². The van der Waals surface area contributed by atoms with Gasteiger partial charge in [0.2, 0.25) is 5.91 Å². The van der Waals surface area contributed by atoms with E-state index >= 15 is 0 Å². The molecular weight excluding hydrogens is 226 g/mol. The fourth-order valence-electron chi connectivity index (χ4n) is 3.05. The highest BCUT2D eigenvalue weighted by molar-refractivity contribution is 5.78. The molecule has 0 radical (unpaired) electrons. The Bertz CT molecular complexity index is 412. The summed E-state index contributed by atoms with van der Waals surface area (Å²) >= 11 is 0. The summed E-state index contributed by atoms with van der Waals surface area (Å²) in [6.07, 6.45) is 4.59. The Labute approximate surface area is 107 Å². The van der Waals surface area contributed by atoms with E-state index in [-0.39, 0.29) is 5.91 Å². The summed E-state index contributed by atoms with van der Waals surface area (Å²) in [4.78, 5) is 18.6. The van der Waals surface area contributed by atoms with Gasteiger partial charge in [-0.2, -0.15) is 0 Å². The highest BCUT2D eigenvalue weighted by Crippen LogP contribution is 2.27. The number of piperidine rings is 3. The van der Waals surface area contributed by atoms with E-state index in [1.807, 2.05) is 18.2 Å². The number of rotatable bonds is 3. The van der Waals surface area contributed by atoms with E-state index in [2.05, 4.69) is 15.2 Å². The van der Waals surface area contributed by atoms with Gasteiger partial charge >= 0.3 is 0 Å². The van der Waals surface area contributed by atoms with Crippen LogP contribution in [0.15, 0.2) is 24.4 Å². The molecule has 4 rings (SSSR count). The predicted octanol–water partition coefficient (Wildman–Crippen LogP) is 0.834. The standard InChI is InChI=1S/C14H19N3O/c18-14(9-12-3-1-2-6-15-12)16-13-10-17-7-4-11(13)5-8-17/h1-3,6,11,13H,4-5,7-10H2,(H,16,18). The van der Waals surface area contributed by atoms with E-state index in [0.717, 1.165) is 12.2 Å². The zero-order chi connectivity index (χ0) is 12.4. The lowest BCUT2D eigenvalue weighted by Crippen LogP contribution is -2.57. The normalized spacial score (nSPS) is 30.1. The summed E-state index contributed by atoms with van der Waals surface area (Å²) in [7, 11) is 0. The molecule has 1 aromatic rings. The van der Waals surface area contributed by atoms with E-state index in [4.69, 9.17) is 0 Å². The number of carbonyl (C=O) groups is 1. The molecule has 1 unspecified atom stereocenters. The number of pyridine rings is 1. The highest BCUT2D eigenvalue weighted by atomic mass is 16.1. The Kier molecular flexibility index (Phi) is 3.28. The third-order valence-electron chi connectivity index (χ3n) is 4.07. The fourth-order valence-corrected chi connectivity index (χ4v) is 3.05. The van der Waals surface area contributed by atoms with Gasteiger partial charge in [-0.1, -0.05) is 6.07 Å². The number of fused-ring (bicyclic) bond motifs is 3. The summed E-state index contributed by atoms with van der Waals surface area (Å²) in [6.45, 7) is 3.44. The maximum atomic E-state index is 12.0. The summed E-state index contributed by atoms with van der Waals surface area (Å²) in [5.74, 6) is 0.787. The molecule has 4 nitrogen and oxygen atoms in total. The van der Waals surface area contributed by atoms with E-state index in [1.54, 1.807) is 6.20 Å². The van der Waals surface area contributed by atoms with Gasteiger partial charge in [0.15, 0.2) is 0 Å². The third-order valence-corrected chi connectivity index (χ3v) is 4.07. The van der Waals surface area contributed by atoms with Gasteiger partial charge in [-0.05, 0) is 44.0 Å². The van der Waals surface area contributed by atoms with E-state index < -0.39 is 0 Å². The quantitative estimate of drug-likeness (QED) is 0.858. The molecule has 1 N–H and O–H groups in total. The Balaban J connectivity index is 1.55. The first kappa shape index (κ1) is 11.7. The number of hydrogen-bond donors (Lipinski definition) is 1. The van der Waals surface area contributed by atoms with Crippen molar-refractivity contribution in [2.24, 2.45) is 5.92 Å². The molecule has 3 aliphatic rings. The first-order valence-corrected chi connectivity index (χ1v) is 6.73. The molecule has 3 aliphatic heterocycles. The average Bonchev–Trinajstić information content (AvgIpc) is 2.41. The Hall–Kier alpha value is -1.42. The second-order valence-electron chi connectivity index (χ2n) is 5.31. The number of aromatic nitrogens is 1. The molecule has 4 heterocycles. The average molecular weight is 245 g/mol. The molecule has 1 amide bonds. The van der Waals surface area contributed by atoms with Crippen LogP contribution in [0, 0.1) is 5.92 Å². The summed E-state index contributed by atoms with van der Waals surface area (Å²) in [5.41, 5.74) is 0.844. The van der Waals surface area contributed by atoms with Crippen LogP contribution in [0.2, 0.25) is 0 Å². The van der Waals surface area contributed by atoms with Crippen molar-refractivity contribution in [1.29, 1.82) is 0 Å². The highest BCUT2D eigenvalue weighted by Gasteiger charge is 2.34. The van der Waals surface area contributed by atoms with E-state index in [9.17, 15) is 4.79 Å². The van der Waals surface area contributed by atoms with Gasteiger partial charge < -0.3 is 10.2 Å². The predicted molar refractivity (Wildman–Crippen MR) is 69.0 cm³/mol. The van der Waals surface area contributed by atoms with Crippen LogP contribution in [0.5, 0.6) is 0 Å². The Morgan fingerprint density at radius 3 is 2.83 bits per heavy atom. The van der Waals surface area contributed by atoms with Crippen molar-refractivity contribution in [3.05, 3.63) is 30.1 Å². The van der Waals surface area contributed by atoms with Crippen LogP contribution >= 0.6 is 0 Å². The van der Waals surface area contributed by atoms with Crippen LogP contribution in [-0.2, 0) is 11.2 Å². The lowest BCUT2D eigenvalue weighted by molar-refractivity contribution is -0.122. The third kappa shape index (κ3) is 2.53. The molecule has 96 valence electrons. The van der Waals surface area contributed by atoms with Gasteiger partial charge in [0.25, 0.3) is 0 Å². The summed E-state index contributed by atoms with van der Waals surface area (Å²) in [6, 6.07) is 6.04. The molecule has 3 saturated heterocycles. The fraction of sp³-hybridized carbons (Fsp3) is 0.571. The minimum Gasteiger partial charge on any atom is -0.351 e. The lowest BCUT2D eigenvalue weighted by atomic mass is 9.84. The molecular formula is C14H19N3O. The smallest absolute Gasteiger partial charge is 0.226 e. The first-order valence-electron chi connectivity index (χ1n) is 6.73. The van der Waals surface area contributed by atoms with Crippen LogP contribution in [0.4, 0.5) is 0 Å². The molecule has 0 spiro atoms. The minimum atomic E-state index is 0.104. The molecule has 18 heavy (non-hydrogen) atoms. The molecule has 4 heteroatoms. The van der Waals surface area contributed by atoms with Crippen LogP contribution < -0.4 is 5.32 Å². The van der Waals surface area contributed by atoms with Gasteiger partial charge in [-0.25, -0.2) is 0 Å². The zero-order valence-corrected chi connectivity index (χ0v) is 10.5. The van der Waals surface area contributed by atoms with Crippen molar-refractivity contribution in [2.45, 2.75) is 25.3 Å². The van der Waals surface area contributed by atoms with Gasteiger partial charge in [0.05, 0.1) is 6.42 Å². The Morgan fingerprint density at radius 1 is 1.39 bits per heavy atom. The van der Waals surface area contributed by atoms with Gasteiger partial charge in [0, 0.05) is 24.5 Å². The molecule has 0 aromatic carbocycles. The number of nitrogens with one attached hydrogen (secondary N) is 1. The molecule has 1 aromatic heterocycles. The van der Waals surface area contributed by atoms with Crippen LogP contribution in [0.25, 0.3) is 0 Å². The van der Waals surface area contributed by atoms with E-state index in [1.165, 1.54) is 25.9 Å². The van der Waals surface area contributed by atoms with Crippen LogP contribution in [0.1, 0.15) is 18.5 Å². The monoisotopic (exact) mass is 245 g/mol. The zero-order valence-electron chi connectivity index (χ0n) is 10.5. The van der Waals surface area contributed by atoms with Crippen molar-refractivity contribution < 1.29 is 4.79 Å². The largest absolute Gasteiger partial charge is 0.351 e. The molecule has 1 atom stereocenters. The van der Waals surface area contributed by atoms with E-state index in [0.29, 0.717) is 18.4 Å². The SMILES string of the molecule is O=C(Cc1ccccn1)NC1CN2CCC1CC2. The number of amides is 1. The molecule has 2 bridgehead atoms. The molecule has 3 fully saturated rings. The maximum absolute atomic E-state index is 12.0. The first-order chi connectivity index (χ1) is 8.81. The minimum absolute atomic E-state index is 0.104. The second kappa shape index (κ2) is 5.06. The number of carbonyl (C=O) groups excluding carboxylic acids is 1. The van der Waals surface area contributed by atoms with Crippen molar-refractivity contribution in [1.82, 2.24) is 15.2 Å². The van der Waals surface area contributed by atoms with Crippen molar-refractivity contribution in [3.8, 4) is 0 Å². The van der Waals surface area contributed by atoms with Crippen LogP contribution in [0.3, 0.4) is 0 Å². The molecule has 0 saturated carbocycles. The number of nitrogens with zero attached hydrogens (tertiary/aromatic N) is 2. The summed E-state index contributed by atoms with van der Waals surface area (Å²) < 4.78 is 0. The van der Waals surface area contributed by atoms with Gasteiger partial charge in [0.1, 0.15) is 0 Å². The van der Waals surface area contributed by atoms with Gasteiger partial charge in [-0.3, -0.25) is 9.78 Å².